The van der Waals surface area contributed by atoms with Crippen LogP contribution in [0.15, 0.2) is 65.1 Å². The van der Waals surface area contributed by atoms with E-state index < -0.39 is 35.6 Å². The Balaban J connectivity index is 0.00000111. The highest BCUT2D eigenvalue weighted by molar-refractivity contribution is 8.00. The zero-order valence-electron chi connectivity index (χ0n) is 24.5. The molecule has 0 aliphatic carbocycles. The molecule has 0 spiro atoms. The third-order valence-electron chi connectivity index (χ3n) is 5.99. The van der Waals surface area contributed by atoms with Crippen LogP contribution >= 0.6 is 11.9 Å². The number of likely N-dealkylation sites (N-methyl/N-ethyl adjacent to an activating group) is 1. The van der Waals surface area contributed by atoms with Crippen molar-refractivity contribution < 1.29 is 23.5 Å². The number of hydrogen-bond acceptors (Lipinski definition) is 7. The maximum absolute atomic E-state index is 13.8. The molecule has 9 nitrogen and oxygen atoms in total. The number of halogens is 2. The molecule has 12 heteroatoms. The van der Waals surface area contributed by atoms with Gasteiger partial charge in [-0.25, -0.2) is 18.1 Å². The van der Waals surface area contributed by atoms with Crippen molar-refractivity contribution in [2.75, 3.05) is 46.1 Å². The van der Waals surface area contributed by atoms with Crippen molar-refractivity contribution in [3.8, 4) is 0 Å². The summed E-state index contributed by atoms with van der Waals surface area (Å²) in [6.45, 7) is 6.59. The molecule has 2 atom stereocenters. The fourth-order valence-electron chi connectivity index (χ4n) is 3.90. The number of benzene rings is 2. The van der Waals surface area contributed by atoms with Gasteiger partial charge in [-0.2, -0.15) is 0 Å². The summed E-state index contributed by atoms with van der Waals surface area (Å²) < 4.78 is 28.6. The summed E-state index contributed by atoms with van der Waals surface area (Å²) in [7, 11) is 5.47. The smallest absolute Gasteiger partial charge is 0.224 e. The molecule has 4 N–H and O–H groups in total. The van der Waals surface area contributed by atoms with Crippen LogP contribution in [0.5, 0.6) is 0 Å². The first-order valence-corrected chi connectivity index (χ1v) is 14.6. The molecule has 0 aromatic heterocycles. The van der Waals surface area contributed by atoms with Gasteiger partial charge in [-0.15, -0.1) is 0 Å². The molecule has 1 aliphatic heterocycles. The summed E-state index contributed by atoms with van der Waals surface area (Å²) in [5, 5.41) is 19.9. The maximum Gasteiger partial charge on any atom is 0.224 e. The van der Waals surface area contributed by atoms with Gasteiger partial charge < -0.3 is 26.0 Å². The largest absolute Gasteiger partial charge is 0.390 e. The molecule has 2 aromatic carbocycles. The molecule has 1 fully saturated rings. The van der Waals surface area contributed by atoms with Crippen molar-refractivity contribution in [3.63, 3.8) is 0 Å². The Bertz CT molecular complexity index is 1160. The highest BCUT2D eigenvalue weighted by atomic mass is 32.2. The van der Waals surface area contributed by atoms with E-state index in [4.69, 9.17) is 0 Å². The van der Waals surface area contributed by atoms with Gasteiger partial charge in [-0.05, 0) is 69.0 Å². The lowest BCUT2D eigenvalue weighted by Gasteiger charge is -2.27. The Morgan fingerprint density at radius 3 is 2.36 bits per heavy atom. The predicted octanol–water partition coefficient (Wildman–Crippen LogP) is 3.78. The van der Waals surface area contributed by atoms with E-state index in [1.165, 1.54) is 37.9 Å². The van der Waals surface area contributed by atoms with Crippen LogP contribution in [0.3, 0.4) is 0 Å². The Hall–Kier alpha value is -3.32. The minimum absolute atomic E-state index is 0.166. The number of aliphatic hydroxyl groups excluding tert-OH is 1. The SMILES string of the molecule is C1CCNC1.C=C(/N=C\N(C)C)SN(C)CC(O)C(Cc1ccccc1)NC(=O)CCC(=O)Nc1ccc(F)cc1F. The number of aliphatic hydroxyl groups is 1. The standard InChI is InChI=1S/C26H33F2N5O3S.C4H9N/c1-18(29-17-32(2)3)37-33(4)16-24(34)23(14-19-8-6-5-7-9-19)31-26(36)13-12-25(35)30-22-11-10-20(27)15-21(22)28;1-2-4-5-3-1/h5-11,15,17,23-24,34H,1,12-14,16H2,2-4H3,(H,30,35)(H,31,36);5H,1-4H2/b29-17-;. The van der Waals surface area contributed by atoms with Crippen LogP contribution in [-0.2, 0) is 16.0 Å². The number of carbonyl (C=O) groups is 2. The van der Waals surface area contributed by atoms with E-state index >= 15 is 0 Å². The number of anilines is 1. The van der Waals surface area contributed by atoms with Gasteiger partial charge in [0.2, 0.25) is 11.8 Å². The van der Waals surface area contributed by atoms with Crippen LogP contribution in [0.1, 0.15) is 31.2 Å². The molecule has 1 heterocycles. The van der Waals surface area contributed by atoms with E-state index in [1.807, 2.05) is 44.4 Å². The summed E-state index contributed by atoms with van der Waals surface area (Å²) in [6.07, 6.45) is 3.45. The molecule has 0 radical (unpaired) electrons. The number of carbonyl (C=O) groups excluding carboxylic acids is 2. The molecule has 3 rings (SSSR count). The van der Waals surface area contributed by atoms with E-state index in [9.17, 15) is 23.5 Å². The van der Waals surface area contributed by atoms with Crippen LogP contribution in [0, 0.1) is 11.6 Å². The number of hydrogen-bond donors (Lipinski definition) is 4. The van der Waals surface area contributed by atoms with Gasteiger partial charge in [0.25, 0.3) is 0 Å². The zero-order chi connectivity index (χ0) is 30.9. The fraction of sp³-hybridized carbons (Fsp3) is 0.433. The summed E-state index contributed by atoms with van der Waals surface area (Å²) in [5.41, 5.74) is 0.757. The lowest BCUT2D eigenvalue weighted by Crippen LogP contribution is -2.48. The van der Waals surface area contributed by atoms with Crippen molar-refractivity contribution in [3.05, 3.63) is 77.3 Å². The fourth-order valence-corrected chi connectivity index (χ4v) is 4.58. The molecule has 0 bridgehead atoms. The summed E-state index contributed by atoms with van der Waals surface area (Å²) in [5.74, 6) is -2.69. The second kappa shape index (κ2) is 19.0. The first-order chi connectivity index (χ1) is 20.0. The average molecular weight is 605 g/mol. The summed E-state index contributed by atoms with van der Waals surface area (Å²) in [6, 6.07) is 11.6. The van der Waals surface area contributed by atoms with Crippen molar-refractivity contribution >= 4 is 35.8 Å². The minimum atomic E-state index is -0.936. The second-order valence-corrected chi connectivity index (χ2v) is 11.3. The van der Waals surface area contributed by atoms with Gasteiger partial charge in [-0.1, -0.05) is 36.9 Å². The van der Waals surface area contributed by atoms with Crippen LogP contribution in [0.4, 0.5) is 14.5 Å². The molecule has 0 saturated carbocycles. The van der Waals surface area contributed by atoms with Crippen LogP contribution < -0.4 is 16.0 Å². The molecular weight excluding hydrogens is 562 g/mol. The minimum Gasteiger partial charge on any atom is -0.390 e. The topological polar surface area (TPSA) is 109 Å². The molecular formula is C30H42F2N6O3S. The van der Waals surface area contributed by atoms with Crippen molar-refractivity contribution in [2.45, 2.75) is 44.2 Å². The van der Waals surface area contributed by atoms with E-state index in [0.717, 1.165) is 17.7 Å². The van der Waals surface area contributed by atoms with Crippen molar-refractivity contribution in [1.29, 1.82) is 0 Å². The Morgan fingerprint density at radius 2 is 1.76 bits per heavy atom. The van der Waals surface area contributed by atoms with Crippen molar-refractivity contribution in [1.82, 2.24) is 19.8 Å². The Morgan fingerprint density at radius 1 is 1.10 bits per heavy atom. The van der Waals surface area contributed by atoms with Gasteiger partial charge in [-0.3, -0.25) is 9.59 Å². The third-order valence-corrected chi connectivity index (χ3v) is 6.77. The highest BCUT2D eigenvalue weighted by Gasteiger charge is 2.24. The first kappa shape index (κ1) is 34.9. The van der Waals surface area contributed by atoms with E-state index in [-0.39, 0.29) is 25.1 Å². The maximum atomic E-state index is 13.8. The van der Waals surface area contributed by atoms with Crippen molar-refractivity contribution in [2.24, 2.45) is 4.99 Å². The zero-order valence-corrected chi connectivity index (χ0v) is 25.3. The molecule has 2 amide bonds. The highest BCUT2D eigenvalue weighted by Crippen LogP contribution is 2.20. The number of aliphatic imine (C=N–C) groups is 1. The van der Waals surface area contributed by atoms with Gasteiger partial charge in [0, 0.05) is 39.5 Å². The monoisotopic (exact) mass is 604 g/mol. The number of amides is 2. The summed E-state index contributed by atoms with van der Waals surface area (Å²) >= 11 is 1.26. The first-order valence-electron chi connectivity index (χ1n) is 13.8. The third kappa shape index (κ3) is 14.5. The van der Waals surface area contributed by atoms with Crippen LogP contribution in [0.2, 0.25) is 0 Å². The second-order valence-electron chi connectivity index (χ2n) is 10.1. The average Bonchev–Trinajstić information content (AvgIpc) is 3.53. The number of nitrogens with one attached hydrogen (secondary N) is 3. The molecule has 2 unspecified atom stereocenters. The van der Waals surface area contributed by atoms with Crippen LogP contribution in [0.25, 0.3) is 0 Å². The molecule has 230 valence electrons. The van der Waals surface area contributed by atoms with Gasteiger partial charge in [0.15, 0.2) is 0 Å². The quantitative estimate of drug-likeness (QED) is 0.148. The predicted molar refractivity (Wildman–Crippen MR) is 166 cm³/mol. The molecule has 42 heavy (non-hydrogen) atoms. The van der Waals surface area contributed by atoms with Gasteiger partial charge in [0.1, 0.15) is 16.7 Å². The van der Waals surface area contributed by atoms with E-state index in [2.05, 4.69) is 27.5 Å². The number of rotatable bonds is 14. The number of nitrogens with zero attached hydrogens (tertiary/aromatic N) is 3. The Labute approximate surface area is 251 Å². The Kier molecular flexibility index (Phi) is 15.8. The van der Waals surface area contributed by atoms with Gasteiger partial charge in [0.05, 0.1) is 24.2 Å². The normalized spacial score (nSPS) is 14.2. The molecule has 2 aromatic rings. The lowest BCUT2D eigenvalue weighted by molar-refractivity contribution is -0.125. The van der Waals surface area contributed by atoms with E-state index in [0.29, 0.717) is 17.5 Å². The molecule has 1 aliphatic rings. The summed E-state index contributed by atoms with van der Waals surface area (Å²) in [4.78, 5) is 30.8. The van der Waals surface area contributed by atoms with E-state index in [1.54, 1.807) is 22.6 Å². The van der Waals surface area contributed by atoms with Gasteiger partial charge >= 0.3 is 0 Å². The van der Waals surface area contributed by atoms with Crippen LogP contribution in [-0.4, -0.2) is 85.4 Å². The molecule has 1 saturated heterocycles. The lowest BCUT2D eigenvalue weighted by atomic mass is 10.0.